The first-order valence-corrected chi connectivity index (χ1v) is 4.18. The second-order valence-electron chi connectivity index (χ2n) is 2.65. The molecule has 1 unspecified atom stereocenters. The summed E-state index contributed by atoms with van der Waals surface area (Å²) in [5, 5.41) is 19.8. The van der Waals surface area contributed by atoms with Gasteiger partial charge < -0.3 is 5.11 Å². The van der Waals surface area contributed by atoms with Crippen LogP contribution in [-0.2, 0) is 0 Å². The van der Waals surface area contributed by atoms with Gasteiger partial charge in [0.1, 0.15) is 5.02 Å². The summed E-state index contributed by atoms with van der Waals surface area (Å²) >= 11 is 5.64. The number of halogens is 1. The molecule has 0 bridgehead atoms. The van der Waals surface area contributed by atoms with Crippen molar-refractivity contribution in [3.63, 3.8) is 0 Å². The zero-order chi connectivity index (χ0) is 10.7. The number of hydrogen-bond acceptors (Lipinski definition) is 3. The van der Waals surface area contributed by atoms with Crippen molar-refractivity contribution in [1.29, 1.82) is 0 Å². The van der Waals surface area contributed by atoms with E-state index >= 15 is 0 Å². The molecule has 74 valence electrons. The van der Waals surface area contributed by atoms with Gasteiger partial charge in [-0.15, -0.1) is 6.58 Å². The van der Waals surface area contributed by atoms with E-state index in [-0.39, 0.29) is 10.7 Å². The summed E-state index contributed by atoms with van der Waals surface area (Å²) < 4.78 is 0. The molecule has 1 N–H and O–H groups in total. The summed E-state index contributed by atoms with van der Waals surface area (Å²) in [5.74, 6) is 0. The first-order chi connectivity index (χ1) is 6.56. The normalized spacial score (nSPS) is 12.1. The average molecular weight is 214 g/mol. The van der Waals surface area contributed by atoms with E-state index in [9.17, 15) is 15.2 Å². The Balaban J connectivity index is 3.12. The Hall–Kier alpha value is -1.39. The van der Waals surface area contributed by atoms with Gasteiger partial charge in [-0.1, -0.05) is 17.7 Å². The number of aliphatic hydroxyl groups is 1. The maximum Gasteiger partial charge on any atom is 0.287 e. The molecule has 0 saturated carbocycles. The molecule has 1 atom stereocenters. The first kappa shape index (κ1) is 10.7. The van der Waals surface area contributed by atoms with Gasteiger partial charge in [0, 0.05) is 6.07 Å². The van der Waals surface area contributed by atoms with Crippen LogP contribution >= 0.6 is 11.6 Å². The van der Waals surface area contributed by atoms with E-state index in [0.29, 0.717) is 5.56 Å². The number of hydrogen-bond donors (Lipinski definition) is 1. The molecule has 0 spiro atoms. The van der Waals surface area contributed by atoms with Crippen molar-refractivity contribution in [2.24, 2.45) is 0 Å². The van der Waals surface area contributed by atoms with Crippen LogP contribution in [0, 0.1) is 10.1 Å². The highest BCUT2D eigenvalue weighted by atomic mass is 35.5. The van der Waals surface area contributed by atoms with Gasteiger partial charge in [-0.3, -0.25) is 10.1 Å². The van der Waals surface area contributed by atoms with Crippen molar-refractivity contribution in [3.8, 4) is 0 Å². The summed E-state index contributed by atoms with van der Waals surface area (Å²) in [6, 6.07) is 4.05. The molecule has 0 saturated heterocycles. The molecule has 0 aromatic heterocycles. The second-order valence-corrected chi connectivity index (χ2v) is 3.06. The molecular weight excluding hydrogens is 206 g/mol. The smallest absolute Gasteiger partial charge is 0.287 e. The fraction of sp³-hybridized carbons (Fsp3) is 0.111. The molecule has 1 rings (SSSR count). The molecule has 1 aromatic carbocycles. The number of nitrogens with zero attached hydrogens (tertiary/aromatic N) is 1. The van der Waals surface area contributed by atoms with E-state index in [1.807, 2.05) is 0 Å². The van der Waals surface area contributed by atoms with Crippen molar-refractivity contribution in [3.05, 3.63) is 51.6 Å². The summed E-state index contributed by atoms with van der Waals surface area (Å²) in [7, 11) is 0. The zero-order valence-corrected chi connectivity index (χ0v) is 7.94. The summed E-state index contributed by atoms with van der Waals surface area (Å²) in [6.45, 7) is 3.40. The zero-order valence-electron chi connectivity index (χ0n) is 7.18. The molecule has 0 aliphatic heterocycles. The van der Waals surface area contributed by atoms with Crippen LogP contribution in [0.25, 0.3) is 0 Å². The minimum absolute atomic E-state index is 0.00778. The number of rotatable bonds is 3. The Labute approximate surface area is 85.6 Å². The largest absolute Gasteiger partial charge is 0.384 e. The molecule has 0 aliphatic rings. The highest BCUT2D eigenvalue weighted by Gasteiger charge is 2.13. The SMILES string of the molecule is C=CC(O)c1ccc([N+](=O)[O-])c(Cl)c1. The van der Waals surface area contributed by atoms with E-state index in [1.54, 1.807) is 0 Å². The predicted molar refractivity (Wildman–Crippen MR) is 53.3 cm³/mol. The highest BCUT2D eigenvalue weighted by Crippen LogP contribution is 2.27. The number of aliphatic hydroxyl groups excluding tert-OH is 1. The average Bonchev–Trinajstić information content (AvgIpc) is 2.15. The van der Waals surface area contributed by atoms with Gasteiger partial charge in [0.25, 0.3) is 5.69 Å². The van der Waals surface area contributed by atoms with Crippen LogP contribution < -0.4 is 0 Å². The van der Waals surface area contributed by atoms with Gasteiger partial charge >= 0.3 is 0 Å². The van der Waals surface area contributed by atoms with Gasteiger partial charge in [0.15, 0.2) is 0 Å². The molecule has 0 fully saturated rings. The van der Waals surface area contributed by atoms with E-state index < -0.39 is 11.0 Å². The number of benzene rings is 1. The van der Waals surface area contributed by atoms with Crippen LogP contribution in [0.15, 0.2) is 30.9 Å². The number of nitro benzene ring substituents is 1. The van der Waals surface area contributed by atoms with Crippen molar-refractivity contribution in [2.45, 2.75) is 6.10 Å². The third-order valence-electron chi connectivity index (χ3n) is 1.73. The minimum Gasteiger partial charge on any atom is -0.384 e. The Morgan fingerprint density at radius 1 is 1.64 bits per heavy atom. The molecule has 5 heteroatoms. The first-order valence-electron chi connectivity index (χ1n) is 3.80. The highest BCUT2D eigenvalue weighted by molar-refractivity contribution is 6.32. The standard InChI is InChI=1S/C9H8ClNO3/c1-2-9(12)6-3-4-8(11(13)14)7(10)5-6/h2-5,9,12H,1H2. The van der Waals surface area contributed by atoms with Crippen LogP contribution in [0.5, 0.6) is 0 Å². The monoisotopic (exact) mass is 213 g/mol. The molecule has 1 aromatic rings. The van der Waals surface area contributed by atoms with Crippen LogP contribution in [0.2, 0.25) is 5.02 Å². The second kappa shape index (κ2) is 4.21. The van der Waals surface area contributed by atoms with Crippen LogP contribution in [0.3, 0.4) is 0 Å². The molecular formula is C9H8ClNO3. The summed E-state index contributed by atoms with van der Waals surface area (Å²) in [4.78, 5) is 9.83. The Morgan fingerprint density at radius 2 is 2.29 bits per heavy atom. The summed E-state index contributed by atoms with van der Waals surface area (Å²) in [5.41, 5.74) is 0.308. The Bertz CT molecular complexity index is 378. The molecule has 4 nitrogen and oxygen atoms in total. The lowest BCUT2D eigenvalue weighted by Crippen LogP contribution is -1.95. The van der Waals surface area contributed by atoms with Gasteiger partial charge in [0.05, 0.1) is 11.0 Å². The quantitative estimate of drug-likeness (QED) is 0.477. The number of nitro groups is 1. The fourth-order valence-corrected chi connectivity index (χ4v) is 1.25. The van der Waals surface area contributed by atoms with Crippen molar-refractivity contribution in [2.75, 3.05) is 0 Å². The van der Waals surface area contributed by atoms with Gasteiger partial charge in [-0.25, -0.2) is 0 Å². The minimum atomic E-state index is -0.853. The molecule has 14 heavy (non-hydrogen) atoms. The van der Waals surface area contributed by atoms with Crippen LogP contribution in [0.4, 0.5) is 5.69 Å². The predicted octanol–water partition coefficient (Wildman–Crippen LogP) is 2.47. The molecule has 0 amide bonds. The van der Waals surface area contributed by atoms with E-state index in [4.69, 9.17) is 11.6 Å². The van der Waals surface area contributed by atoms with E-state index in [0.717, 1.165) is 0 Å². The third-order valence-corrected chi connectivity index (χ3v) is 2.04. The van der Waals surface area contributed by atoms with Crippen LogP contribution in [0.1, 0.15) is 11.7 Å². The Kier molecular flexibility index (Phi) is 3.22. The lowest BCUT2D eigenvalue weighted by atomic mass is 10.1. The van der Waals surface area contributed by atoms with Crippen molar-refractivity contribution >= 4 is 17.3 Å². The van der Waals surface area contributed by atoms with Crippen molar-refractivity contribution in [1.82, 2.24) is 0 Å². The fourth-order valence-electron chi connectivity index (χ4n) is 0.991. The Morgan fingerprint density at radius 3 is 2.71 bits per heavy atom. The van der Waals surface area contributed by atoms with E-state index in [1.165, 1.54) is 24.3 Å². The molecule has 0 aliphatic carbocycles. The topological polar surface area (TPSA) is 63.4 Å². The van der Waals surface area contributed by atoms with Gasteiger partial charge in [0.2, 0.25) is 0 Å². The van der Waals surface area contributed by atoms with Crippen molar-refractivity contribution < 1.29 is 10.0 Å². The molecule has 0 radical (unpaired) electrons. The molecule has 0 heterocycles. The lowest BCUT2D eigenvalue weighted by molar-refractivity contribution is -0.384. The summed E-state index contributed by atoms with van der Waals surface area (Å²) in [6.07, 6.45) is 0.464. The van der Waals surface area contributed by atoms with Crippen LogP contribution in [-0.4, -0.2) is 10.0 Å². The van der Waals surface area contributed by atoms with Gasteiger partial charge in [-0.2, -0.15) is 0 Å². The lowest BCUT2D eigenvalue weighted by Gasteiger charge is -2.05. The maximum absolute atomic E-state index is 10.4. The van der Waals surface area contributed by atoms with E-state index in [2.05, 4.69) is 6.58 Å². The maximum atomic E-state index is 10.4. The van der Waals surface area contributed by atoms with Gasteiger partial charge in [-0.05, 0) is 17.7 Å². The third kappa shape index (κ3) is 2.10.